The van der Waals surface area contributed by atoms with Gasteiger partial charge in [-0.25, -0.2) is 0 Å². The van der Waals surface area contributed by atoms with E-state index in [1.54, 1.807) is 0 Å². The van der Waals surface area contributed by atoms with Crippen molar-refractivity contribution in [2.24, 2.45) is 5.41 Å². The van der Waals surface area contributed by atoms with Crippen LogP contribution in [0, 0.1) is 5.41 Å². The molecule has 2 N–H and O–H groups in total. The Kier molecular flexibility index (Phi) is 3.62. The molecule has 0 unspecified atom stereocenters. The minimum atomic E-state index is -5.88. The van der Waals surface area contributed by atoms with Crippen LogP contribution in [0.2, 0.25) is 0 Å². The summed E-state index contributed by atoms with van der Waals surface area (Å²) in [4.78, 5) is 9.96. The maximum absolute atomic E-state index is 12.1. The molecule has 0 radical (unpaired) electrons. The highest BCUT2D eigenvalue weighted by atomic mass is 19.4. The SMILES string of the molecule is O=C(O)CC(CO)(C(F)(F)F)C(F)(F)F. The van der Waals surface area contributed by atoms with Crippen LogP contribution in [0.15, 0.2) is 0 Å². The molecular weight excluding hydrogens is 234 g/mol. The standard InChI is InChI=1S/C6H6F6O3/c7-5(8,9)4(2-13,1-3(14)15)6(10,11)12/h13H,1-2H2,(H,14,15). The summed E-state index contributed by atoms with van der Waals surface area (Å²) in [7, 11) is 0. The minimum absolute atomic E-state index is 2.25. The summed E-state index contributed by atoms with van der Waals surface area (Å²) in [5, 5.41) is 16.2. The molecule has 0 aliphatic rings. The topological polar surface area (TPSA) is 57.5 Å². The Balaban J connectivity index is 5.42. The fraction of sp³-hybridized carbons (Fsp3) is 0.833. The summed E-state index contributed by atoms with van der Waals surface area (Å²) in [5.74, 6) is -2.29. The predicted octanol–water partition coefficient (Wildman–Crippen LogP) is 1.56. The van der Waals surface area contributed by atoms with Gasteiger partial charge in [0.05, 0.1) is 13.0 Å². The molecule has 0 aromatic carbocycles. The van der Waals surface area contributed by atoms with Gasteiger partial charge >= 0.3 is 18.3 Å². The van der Waals surface area contributed by atoms with Crippen LogP contribution in [0.1, 0.15) is 6.42 Å². The first-order valence-corrected chi connectivity index (χ1v) is 3.44. The number of alkyl halides is 6. The third kappa shape index (κ3) is 2.52. The highest BCUT2D eigenvalue weighted by Gasteiger charge is 2.71. The Hall–Kier alpha value is -0.990. The zero-order chi connectivity index (χ0) is 12.5. The van der Waals surface area contributed by atoms with E-state index in [0.29, 0.717) is 0 Å². The molecule has 0 amide bonds. The van der Waals surface area contributed by atoms with Crippen molar-refractivity contribution in [3.05, 3.63) is 0 Å². The molecule has 0 atom stereocenters. The van der Waals surface area contributed by atoms with Gasteiger partial charge in [-0.15, -0.1) is 0 Å². The van der Waals surface area contributed by atoms with E-state index < -0.39 is 36.8 Å². The van der Waals surface area contributed by atoms with E-state index in [1.165, 1.54) is 0 Å². The first kappa shape index (κ1) is 14.0. The molecule has 0 saturated heterocycles. The predicted molar refractivity (Wildman–Crippen MR) is 33.9 cm³/mol. The Morgan fingerprint density at radius 3 is 1.40 bits per heavy atom. The van der Waals surface area contributed by atoms with Crippen molar-refractivity contribution in [3.8, 4) is 0 Å². The summed E-state index contributed by atoms with van der Waals surface area (Å²) in [6, 6.07) is 0. The van der Waals surface area contributed by atoms with E-state index in [2.05, 4.69) is 0 Å². The van der Waals surface area contributed by atoms with Gasteiger partial charge < -0.3 is 10.2 Å². The van der Waals surface area contributed by atoms with Gasteiger partial charge in [-0.3, -0.25) is 4.79 Å². The van der Waals surface area contributed by atoms with E-state index >= 15 is 0 Å². The van der Waals surface area contributed by atoms with Crippen molar-refractivity contribution >= 4 is 5.97 Å². The van der Waals surface area contributed by atoms with Crippen LogP contribution in [-0.4, -0.2) is 35.1 Å². The van der Waals surface area contributed by atoms with Crippen LogP contribution in [0.4, 0.5) is 26.3 Å². The number of aliphatic carboxylic acids is 1. The number of halogens is 6. The molecule has 0 aromatic heterocycles. The lowest BCUT2D eigenvalue weighted by Crippen LogP contribution is -2.53. The maximum atomic E-state index is 12.1. The monoisotopic (exact) mass is 240 g/mol. The fourth-order valence-electron chi connectivity index (χ4n) is 0.855. The van der Waals surface area contributed by atoms with Crippen molar-refractivity contribution in [2.75, 3.05) is 6.61 Å². The molecule has 0 rings (SSSR count). The number of rotatable bonds is 3. The largest absolute Gasteiger partial charge is 0.481 e. The zero-order valence-corrected chi connectivity index (χ0v) is 6.98. The smallest absolute Gasteiger partial charge is 0.406 e. The third-order valence-corrected chi connectivity index (χ3v) is 1.81. The van der Waals surface area contributed by atoms with E-state index in [0.717, 1.165) is 0 Å². The van der Waals surface area contributed by atoms with Gasteiger partial charge in [0.2, 0.25) is 0 Å². The molecule has 0 bridgehead atoms. The van der Waals surface area contributed by atoms with Crippen LogP contribution in [-0.2, 0) is 4.79 Å². The lowest BCUT2D eigenvalue weighted by atomic mass is 9.83. The summed E-state index contributed by atoms with van der Waals surface area (Å²) in [6.07, 6.45) is -14.0. The van der Waals surface area contributed by atoms with Crippen LogP contribution >= 0.6 is 0 Å². The highest BCUT2D eigenvalue weighted by Crippen LogP contribution is 2.52. The molecule has 0 aliphatic carbocycles. The number of aliphatic hydroxyl groups is 1. The van der Waals surface area contributed by atoms with Gasteiger partial charge in [0.1, 0.15) is 0 Å². The number of hydrogen-bond acceptors (Lipinski definition) is 2. The number of carboxylic acid groups (broad SMARTS) is 1. The quantitative estimate of drug-likeness (QED) is 0.736. The first-order valence-electron chi connectivity index (χ1n) is 3.44. The molecule has 9 heteroatoms. The lowest BCUT2D eigenvalue weighted by Gasteiger charge is -2.34. The number of aliphatic hydroxyl groups excluding tert-OH is 1. The van der Waals surface area contributed by atoms with Gasteiger partial charge in [0.25, 0.3) is 0 Å². The third-order valence-electron chi connectivity index (χ3n) is 1.81. The number of carbonyl (C=O) groups is 1. The van der Waals surface area contributed by atoms with E-state index in [4.69, 9.17) is 10.2 Å². The second-order valence-corrected chi connectivity index (χ2v) is 2.81. The van der Waals surface area contributed by atoms with Crippen LogP contribution in [0.5, 0.6) is 0 Å². The van der Waals surface area contributed by atoms with Crippen LogP contribution < -0.4 is 0 Å². The van der Waals surface area contributed by atoms with Gasteiger partial charge in [-0.05, 0) is 0 Å². The molecule has 0 saturated carbocycles. The van der Waals surface area contributed by atoms with Crippen LogP contribution in [0.25, 0.3) is 0 Å². The molecule has 0 heterocycles. The average Bonchev–Trinajstić information content (AvgIpc) is 1.94. The van der Waals surface area contributed by atoms with Crippen molar-refractivity contribution in [1.29, 1.82) is 0 Å². The molecule has 90 valence electrons. The maximum Gasteiger partial charge on any atom is 0.406 e. The Morgan fingerprint density at radius 1 is 1.00 bits per heavy atom. The van der Waals surface area contributed by atoms with Gasteiger partial charge in [0, 0.05) is 0 Å². The van der Waals surface area contributed by atoms with Gasteiger partial charge in [-0.1, -0.05) is 0 Å². The Labute approximate surface area is 79.3 Å². The molecule has 0 fully saturated rings. The first-order chi connectivity index (χ1) is 6.48. The normalized spacial score (nSPS) is 14.1. The Bertz CT molecular complexity index is 228. The van der Waals surface area contributed by atoms with Crippen molar-refractivity contribution < 1.29 is 41.4 Å². The number of carboxylic acids is 1. The summed E-state index contributed by atoms with van der Waals surface area (Å²) >= 11 is 0. The average molecular weight is 240 g/mol. The summed E-state index contributed by atoms with van der Waals surface area (Å²) in [6.45, 7) is -2.35. The molecule has 0 aromatic rings. The summed E-state index contributed by atoms with van der Waals surface area (Å²) in [5.41, 5.74) is -4.61. The van der Waals surface area contributed by atoms with E-state index in [1.807, 2.05) is 0 Å². The second-order valence-electron chi connectivity index (χ2n) is 2.81. The zero-order valence-electron chi connectivity index (χ0n) is 6.98. The molecule has 0 spiro atoms. The van der Waals surface area contributed by atoms with Gasteiger partial charge in [-0.2, -0.15) is 26.3 Å². The lowest BCUT2D eigenvalue weighted by molar-refractivity contribution is -0.350. The Morgan fingerprint density at radius 2 is 1.33 bits per heavy atom. The fourth-order valence-corrected chi connectivity index (χ4v) is 0.855. The summed E-state index contributed by atoms with van der Waals surface area (Å²) < 4.78 is 72.5. The van der Waals surface area contributed by atoms with E-state index in [-0.39, 0.29) is 0 Å². The van der Waals surface area contributed by atoms with Crippen molar-refractivity contribution in [1.82, 2.24) is 0 Å². The highest BCUT2D eigenvalue weighted by molar-refractivity contribution is 5.68. The van der Waals surface area contributed by atoms with Crippen LogP contribution in [0.3, 0.4) is 0 Å². The molecule has 0 aliphatic heterocycles. The molecule has 15 heavy (non-hydrogen) atoms. The van der Waals surface area contributed by atoms with Crippen molar-refractivity contribution in [2.45, 2.75) is 18.8 Å². The molecular formula is C6H6F6O3. The van der Waals surface area contributed by atoms with Crippen molar-refractivity contribution in [3.63, 3.8) is 0 Å². The van der Waals surface area contributed by atoms with E-state index in [9.17, 15) is 31.1 Å². The van der Waals surface area contributed by atoms with Gasteiger partial charge in [0.15, 0.2) is 5.41 Å². The molecule has 3 nitrogen and oxygen atoms in total. The second kappa shape index (κ2) is 3.87. The minimum Gasteiger partial charge on any atom is -0.481 e. The number of hydrogen-bond donors (Lipinski definition) is 2.